The van der Waals surface area contributed by atoms with E-state index in [0.29, 0.717) is 22.2 Å². The van der Waals surface area contributed by atoms with Crippen molar-refractivity contribution in [1.82, 2.24) is 9.55 Å². The summed E-state index contributed by atoms with van der Waals surface area (Å²) in [6.45, 7) is 1.30. The van der Waals surface area contributed by atoms with Crippen LogP contribution in [-0.4, -0.2) is 28.0 Å². The van der Waals surface area contributed by atoms with Crippen LogP contribution in [0.2, 0.25) is 0 Å². The molecule has 0 saturated carbocycles. The molecule has 7 heteroatoms. The van der Waals surface area contributed by atoms with Gasteiger partial charge in [0.25, 0.3) is 11.5 Å². The van der Waals surface area contributed by atoms with Crippen molar-refractivity contribution < 1.29 is 14.3 Å². The molecule has 0 radical (unpaired) electrons. The van der Waals surface area contributed by atoms with Gasteiger partial charge in [0.05, 0.1) is 0 Å². The topological polar surface area (TPSA) is 90.3 Å². The Hall–Kier alpha value is -4.26. The first-order valence-electron chi connectivity index (χ1n) is 10.0. The fourth-order valence-electron chi connectivity index (χ4n) is 3.59. The summed E-state index contributed by atoms with van der Waals surface area (Å²) in [5.41, 5.74) is 1.90. The molecule has 0 fully saturated rings. The number of anilines is 1. The van der Waals surface area contributed by atoms with Crippen LogP contribution >= 0.6 is 0 Å². The minimum absolute atomic E-state index is 0.0849. The highest BCUT2D eigenvalue weighted by molar-refractivity contribution is 6.07. The SMILES string of the molecule is Cc1cccnc1NC(=O)COC(=O)c1c(-c2ccccc2)c2ccccc2c(=O)n1C. The average molecular weight is 427 g/mol. The number of carbonyl (C=O) groups is 2. The summed E-state index contributed by atoms with van der Waals surface area (Å²) >= 11 is 0. The summed E-state index contributed by atoms with van der Waals surface area (Å²) in [4.78, 5) is 42.4. The molecule has 2 heterocycles. The summed E-state index contributed by atoms with van der Waals surface area (Å²) in [5.74, 6) is -0.883. The summed E-state index contributed by atoms with van der Waals surface area (Å²) in [5, 5.41) is 3.76. The van der Waals surface area contributed by atoms with Gasteiger partial charge in [-0.05, 0) is 35.6 Å². The zero-order valence-corrected chi connectivity index (χ0v) is 17.7. The quantitative estimate of drug-likeness (QED) is 0.491. The summed E-state index contributed by atoms with van der Waals surface area (Å²) in [6, 6.07) is 20.0. The van der Waals surface area contributed by atoms with E-state index in [0.717, 1.165) is 11.1 Å². The number of aromatic nitrogens is 2. The third-order valence-electron chi connectivity index (χ3n) is 5.16. The number of ether oxygens (including phenoxy) is 1. The van der Waals surface area contributed by atoms with E-state index in [-0.39, 0.29) is 11.3 Å². The van der Waals surface area contributed by atoms with E-state index in [1.54, 1.807) is 30.5 Å². The van der Waals surface area contributed by atoms with Crippen molar-refractivity contribution in [2.24, 2.45) is 7.05 Å². The number of hydrogen-bond donors (Lipinski definition) is 1. The van der Waals surface area contributed by atoms with Gasteiger partial charge in [-0.3, -0.25) is 9.59 Å². The normalized spacial score (nSPS) is 10.7. The van der Waals surface area contributed by atoms with Gasteiger partial charge in [0.2, 0.25) is 0 Å². The zero-order chi connectivity index (χ0) is 22.7. The first-order chi connectivity index (χ1) is 15.5. The van der Waals surface area contributed by atoms with Crippen LogP contribution in [0.1, 0.15) is 16.1 Å². The molecule has 1 N–H and O–H groups in total. The molecular formula is C25H21N3O4. The molecule has 1 amide bonds. The Morgan fingerprint density at radius 3 is 2.38 bits per heavy atom. The molecule has 4 rings (SSSR count). The summed E-state index contributed by atoms with van der Waals surface area (Å²) in [6.07, 6.45) is 1.56. The fraction of sp³-hybridized carbons (Fsp3) is 0.120. The van der Waals surface area contributed by atoms with Crippen LogP contribution in [0.15, 0.2) is 77.7 Å². The first-order valence-corrected chi connectivity index (χ1v) is 10.0. The molecule has 0 aliphatic heterocycles. The molecule has 32 heavy (non-hydrogen) atoms. The predicted octanol–water partition coefficient (Wildman–Crippen LogP) is 3.70. The summed E-state index contributed by atoms with van der Waals surface area (Å²) < 4.78 is 6.58. The molecule has 0 unspecified atom stereocenters. The van der Waals surface area contributed by atoms with Crippen LogP contribution in [0.4, 0.5) is 5.82 Å². The number of nitrogens with zero attached hydrogens (tertiary/aromatic N) is 2. The third-order valence-corrected chi connectivity index (χ3v) is 5.16. The number of nitrogens with one attached hydrogen (secondary N) is 1. The molecule has 2 aromatic carbocycles. The monoisotopic (exact) mass is 427 g/mol. The second-order valence-corrected chi connectivity index (χ2v) is 7.29. The van der Waals surface area contributed by atoms with E-state index in [9.17, 15) is 14.4 Å². The molecule has 2 aromatic heterocycles. The van der Waals surface area contributed by atoms with Crippen molar-refractivity contribution in [1.29, 1.82) is 0 Å². The van der Waals surface area contributed by atoms with Crippen LogP contribution in [-0.2, 0) is 16.6 Å². The number of pyridine rings is 2. The molecule has 4 aromatic rings. The Kier molecular flexibility index (Phi) is 5.81. The van der Waals surface area contributed by atoms with Gasteiger partial charge in [-0.2, -0.15) is 0 Å². The Labute approximate surface area is 184 Å². The highest BCUT2D eigenvalue weighted by Gasteiger charge is 2.23. The van der Waals surface area contributed by atoms with Crippen LogP contribution in [0.3, 0.4) is 0 Å². The molecule has 160 valence electrons. The van der Waals surface area contributed by atoms with E-state index in [4.69, 9.17) is 4.74 Å². The van der Waals surface area contributed by atoms with Crippen molar-refractivity contribution >= 4 is 28.5 Å². The molecule has 7 nitrogen and oxygen atoms in total. The molecule has 0 spiro atoms. The van der Waals surface area contributed by atoms with Crippen molar-refractivity contribution in [3.63, 3.8) is 0 Å². The van der Waals surface area contributed by atoms with Crippen molar-refractivity contribution in [3.8, 4) is 11.1 Å². The lowest BCUT2D eigenvalue weighted by Crippen LogP contribution is -2.28. The first kappa shape index (κ1) is 21.0. The van der Waals surface area contributed by atoms with E-state index in [2.05, 4.69) is 10.3 Å². The number of aryl methyl sites for hydroxylation is 1. The fourth-order valence-corrected chi connectivity index (χ4v) is 3.59. The largest absolute Gasteiger partial charge is 0.451 e. The Morgan fingerprint density at radius 1 is 0.969 bits per heavy atom. The smallest absolute Gasteiger partial charge is 0.356 e. The maximum atomic E-state index is 13.1. The van der Waals surface area contributed by atoms with Gasteiger partial charge < -0.3 is 14.6 Å². The number of amides is 1. The third kappa shape index (κ3) is 4.00. The van der Waals surface area contributed by atoms with Gasteiger partial charge in [0.15, 0.2) is 6.61 Å². The molecule has 0 saturated heterocycles. The molecule has 0 atom stereocenters. The Bertz CT molecular complexity index is 1380. The second kappa shape index (κ2) is 8.85. The Balaban J connectivity index is 1.70. The number of fused-ring (bicyclic) bond motifs is 1. The van der Waals surface area contributed by atoms with Gasteiger partial charge in [0, 0.05) is 24.2 Å². The maximum absolute atomic E-state index is 13.1. The lowest BCUT2D eigenvalue weighted by molar-refractivity contribution is -0.119. The lowest BCUT2D eigenvalue weighted by Gasteiger charge is -2.16. The zero-order valence-electron chi connectivity index (χ0n) is 17.7. The van der Waals surface area contributed by atoms with Crippen LogP contribution < -0.4 is 10.9 Å². The number of benzene rings is 2. The lowest BCUT2D eigenvalue weighted by atomic mass is 9.97. The van der Waals surface area contributed by atoms with E-state index in [1.807, 2.05) is 49.4 Å². The highest BCUT2D eigenvalue weighted by atomic mass is 16.5. The van der Waals surface area contributed by atoms with Crippen LogP contribution in [0.25, 0.3) is 21.9 Å². The van der Waals surface area contributed by atoms with E-state index in [1.165, 1.54) is 11.6 Å². The van der Waals surface area contributed by atoms with Gasteiger partial charge in [-0.1, -0.05) is 54.6 Å². The van der Waals surface area contributed by atoms with Crippen molar-refractivity contribution in [3.05, 3.63) is 94.5 Å². The van der Waals surface area contributed by atoms with Gasteiger partial charge >= 0.3 is 5.97 Å². The van der Waals surface area contributed by atoms with Gasteiger partial charge in [-0.15, -0.1) is 0 Å². The van der Waals surface area contributed by atoms with Gasteiger partial charge in [0.1, 0.15) is 11.5 Å². The van der Waals surface area contributed by atoms with E-state index >= 15 is 0 Å². The molecule has 0 aliphatic rings. The minimum Gasteiger partial charge on any atom is -0.451 e. The average Bonchev–Trinajstić information content (AvgIpc) is 2.81. The Morgan fingerprint density at radius 2 is 1.66 bits per heavy atom. The minimum atomic E-state index is -0.762. The highest BCUT2D eigenvalue weighted by Crippen LogP contribution is 2.30. The number of esters is 1. The van der Waals surface area contributed by atoms with E-state index < -0.39 is 18.5 Å². The predicted molar refractivity (Wildman–Crippen MR) is 123 cm³/mol. The van der Waals surface area contributed by atoms with Crippen LogP contribution in [0, 0.1) is 6.92 Å². The van der Waals surface area contributed by atoms with Crippen molar-refractivity contribution in [2.75, 3.05) is 11.9 Å². The maximum Gasteiger partial charge on any atom is 0.356 e. The molecular weight excluding hydrogens is 406 g/mol. The van der Waals surface area contributed by atoms with Gasteiger partial charge in [-0.25, -0.2) is 9.78 Å². The number of hydrogen-bond acceptors (Lipinski definition) is 5. The van der Waals surface area contributed by atoms with Crippen molar-refractivity contribution in [2.45, 2.75) is 6.92 Å². The molecule has 0 aliphatic carbocycles. The number of rotatable bonds is 5. The second-order valence-electron chi connectivity index (χ2n) is 7.29. The molecule has 0 bridgehead atoms. The summed E-state index contributed by atoms with van der Waals surface area (Å²) in [7, 11) is 1.52. The standard InChI is InChI=1S/C25H21N3O4/c1-16-9-8-14-26-23(16)27-20(29)15-32-25(31)22-21(17-10-4-3-5-11-17)18-12-6-7-13-19(18)24(30)28(22)2/h3-14H,15H2,1-2H3,(H,26,27,29). The number of carbonyl (C=O) groups excluding carboxylic acids is 2. The van der Waals surface area contributed by atoms with Crippen LogP contribution in [0.5, 0.6) is 0 Å².